The summed E-state index contributed by atoms with van der Waals surface area (Å²) in [6, 6.07) is 11.2. The molecule has 1 saturated heterocycles. The van der Waals surface area contributed by atoms with Gasteiger partial charge in [0.25, 0.3) is 11.6 Å². The van der Waals surface area contributed by atoms with E-state index in [9.17, 15) is 28.1 Å². The maximum absolute atomic E-state index is 12.6. The number of anilines is 1. The Hall–Kier alpha value is -3.61. The number of hydrogen-bond donors (Lipinski definition) is 1. The van der Waals surface area contributed by atoms with E-state index < -0.39 is 33.4 Å². The van der Waals surface area contributed by atoms with Crippen LogP contribution in [0, 0.1) is 10.1 Å². The molecule has 0 aromatic heterocycles. The monoisotopic (exact) mass is 475 g/mol. The second-order valence-electron chi connectivity index (χ2n) is 6.88. The first-order chi connectivity index (χ1) is 15.8. The molecule has 0 bridgehead atoms. The van der Waals surface area contributed by atoms with E-state index in [1.165, 1.54) is 46.8 Å². The molecule has 0 atom stereocenters. The molecule has 1 amide bonds. The average molecular weight is 475 g/mol. The molecule has 1 aliphatic rings. The van der Waals surface area contributed by atoms with Crippen molar-refractivity contribution >= 4 is 39.4 Å². The highest BCUT2D eigenvalue weighted by atomic mass is 32.2. The van der Waals surface area contributed by atoms with E-state index in [-0.39, 0.29) is 10.6 Å². The van der Waals surface area contributed by atoms with E-state index in [4.69, 9.17) is 9.47 Å². The zero-order valence-corrected chi connectivity index (χ0v) is 18.2. The lowest BCUT2D eigenvalue weighted by Crippen LogP contribution is -2.40. The van der Waals surface area contributed by atoms with Crippen molar-refractivity contribution in [2.45, 2.75) is 4.90 Å². The molecule has 1 fully saturated rings. The van der Waals surface area contributed by atoms with Gasteiger partial charge in [-0.3, -0.25) is 14.9 Å². The Labute approximate surface area is 189 Å². The molecule has 174 valence electrons. The number of nitro benzene ring substituents is 1. The van der Waals surface area contributed by atoms with Crippen LogP contribution in [0.2, 0.25) is 0 Å². The molecule has 1 N–H and O–H groups in total. The number of benzene rings is 2. The molecule has 0 radical (unpaired) electrons. The van der Waals surface area contributed by atoms with Gasteiger partial charge in [0, 0.05) is 37.0 Å². The van der Waals surface area contributed by atoms with Gasteiger partial charge in [-0.15, -0.1) is 0 Å². The van der Waals surface area contributed by atoms with Crippen molar-refractivity contribution in [2.24, 2.45) is 0 Å². The van der Waals surface area contributed by atoms with E-state index in [1.54, 1.807) is 12.1 Å². The summed E-state index contributed by atoms with van der Waals surface area (Å²) in [5.41, 5.74) is 0.781. The number of amides is 1. The molecule has 0 saturated carbocycles. The second kappa shape index (κ2) is 10.8. The Morgan fingerprint density at radius 2 is 1.73 bits per heavy atom. The number of nitrogens with one attached hydrogen (secondary N) is 1. The van der Waals surface area contributed by atoms with Crippen LogP contribution in [0.15, 0.2) is 59.5 Å². The zero-order valence-electron chi connectivity index (χ0n) is 17.4. The highest BCUT2D eigenvalue weighted by molar-refractivity contribution is 7.89. The fraction of sp³-hybridized carbons (Fsp3) is 0.238. The lowest BCUT2D eigenvalue weighted by molar-refractivity contribution is -0.384. The highest BCUT2D eigenvalue weighted by Gasteiger charge is 2.25. The highest BCUT2D eigenvalue weighted by Crippen LogP contribution is 2.18. The maximum atomic E-state index is 12.6. The number of non-ortho nitro benzene ring substituents is 1. The molecule has 11 nitrogen and oxygen atoms in total. The van der Waals surface area contributed by atoms with Crippen LogP contribution in [0.4, 0.5) is 11.4 Å². The molecule has 33 heavy (non-hydrogen) atoms. The lowest BCUT2D eigenvalue weighted by atomic mass is 10.2. The van der Waals surface area contributed by atoms with Crippen molar-refractivity contribution in [2.75, 3.05) is 38.2 Å². The largest absolute Gasteiger partial charge is 0.452 e. The summed E-state index contributed by atoms with van der Waals surface area (Å²) in [5, 5.41) is 13.1. The van der Waals surface area contributed by atoms with E-state index in [0.29, 0.717) is 37.6 Å². The van der Waals surface area contributed by atoms with Gasteiger partial charge in [-0.2, -0.15) is 4.31 Å². The molecular formula is C21H21N3O8S. The van der Waals surface area contributed by atoms with Crippen molar-refractivity contribution in [3.63, 3.8) is 0 Å². The van der Waals surface area contributed by atoms with Gasteiger partial charge >= 0.3 is 5.97 Å². The Morgan fingerprint density at radius 3 is 2.33 bits per heavy atom. The maximum Gasteiger partial charge on any atom is 0.331 e. The van der Waals surface area contributed by atoms with Crippen LogP contribution in [0.1, 0.15) is 5.56 Å². The van der Waals surface area contributed by atoms with Crippen LogP contribution in [-0.2, 0) is 29.1 Å². The SMILES string of the molecule is O=C(COC(=O)/C=C/c1ccc(S(=O)(=O)N2CCOCC2)cc1)Nc1ccc([N+](=O)[O-])cc1. The Bertz CT molecular complexity index is 1140. The summed E-state index contributed by atoms with van der Waals surface area (Å²) in [7, 11) is -3.60. The van der Waals surface area contributed by atoms with Gasteiger partial charge < -0.3 is 14.8 Å². The Morgan fingerprint density at radius 1 is 1.09 bits per heavy atom. The van der Waals surface area contributed by atoms with Crippen LogP contribution in [0.5, 0.6) is 0 Å². The summed E-state index contributed by atoms with van der Waals surface area (Å²) < 4.78 is 36.6. The minimum absolute atomic E-state index is 0.115. The normalized spacial score (nSPS) is 14.7. The Balaban J connectivity index is 1.48. The average Bonchev–Trinajstić information content (AvgIpc) is 2.82. The van der Waals surface area contributed by atoms with Crippen molar-refractivity contribution < 1.29 is 32.4 Å². The molecule has 1 heterocycles. The lowest BCUT2D eigenvalue weighted by Gasteiger charge is -2.26. The third kappa shape index (κ3) is 6.68. The third-order valence-electron chi connectivity index (χ3n) is 4.61. The fourth-order valence-corrected chi connectivity index (χ4v) is 4.31. The van der Waals surface area contributed by atoms with E-state index in [0.717, 1.165) is 6.08 Å². The summed E-state index contributed by atoms with van der Waals surface area (Å²) in [5.74, 6) is -1.37. The molecule has 0 spiro atoms. The van der Waals surface area contributed by atoms with E-state index in [1.807, 2.05) is 0 Å². The third-order valence-corrected chi connectivity index (χ3v) is 6.52. The van der Waals surface area contributed by atoms with Gasteiger partial charge in [0.05, 0.1) is 23.0 Å². The number of morpholine rings is 1. The summed E-state index contributed by atoms with van der Waals surface area (Å²) in [6.07, 6.45) is 2.55. The molecule has 3 rings (SSSR count). The number of nitro groups is 1. The van der Waals surface area contributed by atoms with E-state index >= 15 is 0 Å². The molecule has 0 aliphatic carbocycles. The van der Waals surface area contributed by atoms with E-state index in [2.05, 4.69) is 5.32 Å². The molecule has 2 aromatic carbocycles. The quantitative estimate of drug-likeness (QED) is 0.263. The first-order valence-electron chi connectivity index (χ1n) is 9.83. The van der Waals surface area contributed by atoms with Crippen molar-refractivity contribution in [3.05, 3.63) is 70.3 Å². The fourth-order valence-electron chi connectivity index (χ4n) is 2.90. The smallest absolute Gasteiger partial charge is 0.331 e. The van der Waals surface area contributed by atoms with Gasteiger partial charge in [-0.05, 0) is 35.9 Å². The standard InChI is InChI=1S/C21H21N3O8S/c25-20(22-17-4-6-18(7-5-17)24(27)28)15-32-21(26)10-3-16-1-8-19(9-2-16)33(29,30)23-11-13-31-14-12-23/h1-10H,11-15H2,(H,22,25)/b10-3+. The van der Waals surface area contributed by atoms with Gasteiger partial charge in [-0.25, -0.2) is 13.2 Å². The molecule has 12 heteroatoms. The first kappa shape index (κ1) is 24.0. The minimum atomic E-state index is -3.60. The number of ether oxygens (including phenoxy) is 2. The predicted octanol–water partition coefficient (Wildman–Crippen LogP) is 1.81. The minimum Gasteiger partial charge on any atom is -0.452 e. The number of carbonyl (C=O) groups excluding carboxylic acids is 2. The molecule has 2 aromatic rings. The summed E-state index contributed by atoms with van der Waals surface area (Å²) in [6.45, 7) is 0.764. The summed E-state index contributed by atoms with van der Waals surface area (Å²) in [4.78, 5) is 33.9. The van der Waals surface area contributed by atoms with Gasteiger partial charge in [0.15, 0.2) is 6.61 Å². The number of esters is 1. The number of carbonyl (C=O) groups is 2. The van der Waals surface area contributed by atoms with Gasteiger partial charge in [-0.1, -0.05) is 12.1 Å². The second-order valence-corrected chi connectivity index (χ2v) is 8.82. The molecular weight excluding hydrogens is 454 g/mol. The van der Waals surface area contributed by atoms with Gasteiger partial charge in [0.2, 0.25) is 10.0 Å². The number of nitrogens with zero attached hydrogens (tertiary/aromatic N) is 2. The predicted molar refractivity (Wildman–Crippen MR) is 118 cm³/mol. The van der Waals surface area contributed by atoms with Crippen LogP contribution < -0.4 is 5.32 Å². The zero-order chi connectivity index (χ0) is 23.8. The van der Waals surface area contributed by atoms with Crippen molar-refractivity contribution in [1.29, 1.82) is 0 Å². The number of rotatable bonds is 8. The van der Waals surface area contributed by atoms with Gasteiger partial charge in [0.1, 0.15) is 0 Å². The molecule has 0 unspecified atom stereocenters. The number of sulfonamides is 1. The molecule has 1 aliphatic heterocycles. The topological polar surface area (TPSA) is 145 Å². The van der Waals surface area contributed by atoms with Crippen LogP contribution in [0.25, 0.3) is 6.08 Å². The van der Waals surface area contributed by atoms with Crippen LogP contribution in [-0.4, -0.2) is 62.4 Å². The summed E-state index contributed by atoms with van der Waals surface area (Å²) >= 11 is 0. The number of hydrogen-bond acceptors (Lipinski definition) is 8. The van der Waals surface area contributed by atoms with Crippen molar-refractivity contribution in [3.8, 4) is 0 Å². The van der Waals surface area contributed by atoms with Crippen LogP contribution in [0.3, 0.4) is 0 Å². The van der Waals surface area contributed by atoms with Crippen molar-refractivity contribution in [1.82, 2.24) is 4.31 Å². The first-order valence-corrected chi connectivity index (χ1v) is 11.3. The Kier molecular flexibility index (Phi) is 7.87. The van der Waals surface area contributed by atoms with Crippen LogP contribution >= 0.6 is 0 Å².